The van der Waals surface area contributed by atoms with Crippen LogP contribution in [0.5, 0.6) is 11.5 Å². The van der Waals surface area contributed by atoms with E-state index in [1.165, 1.54) is 0 Å². The van der Waals surface area contributed by atoms with Crippen molar-refractivity contribution in [3.05, 3.63) is 40.7 Å². The van der Waals surface area contributed by atoms with Gasteiger partial charge in [-0.05, 0) is 32.2 Å². The maximum atomic E-state index is 6.15. The maximum absolute atomic E-state index is 6.15. The van der Waals surface area contributed by atoms with E-state index < -0.39 is 0 Å². The van der Waals surface area contributed by atoms with Gasteiger partial charge in [0.1, 0.15) is 11.4 Å². The topological polar surface area (TPSA) is 48.3 Å². The molecule has 21 heavy (non-hydrogen) atoms. The molecule has 0 aliphatic rings. The molecule has 1 unspecified atom stereocenters. The summed E-state index contributed by atoms with van der Waals surface area (Å²) in [6.45, 7) is 2.79. The fourth-order valence-corrected chi connectivity index (χ4v) is 2.63. The molecule has 0 fully saturated rings. The minimum atomic E-state index is -0.129. The number of nitrogens with zero attached hydrogens (tertiary/aromatic N) is 2. The van der Waals surface area contributed by atoms with Crippen LogP contribution in [0.25, 0.3) is 0 Å². The van der Waals surface area contributed by atoms with Crippen molar-refractivity contribution in [1.29, 1.82) is 0 Å². The van der Waals surface area contributed by atoms with Crippen LogP contribution >= 0.6 is 11.6 Å². The van der Waals surface area contributed by atoms with Crippen molar-refractivity contribution in [1.82, 2.24) is 15.1 Å². The number of rotatable bonds is 6. The predicted octanol–water partition coefficient (Wildman–Crippen LogP) is 2.88. The van der Waals surface area contributed by atoms with Crippen LogP contribution in [0.4, 0.5) is 0 Å². The Labute approximate surface area is 129 Å². The van der Waals surface area contributed by atoms with Gasteiger partial charge in [-0.1, -0.05) is 11.6 Å². The molecule has 1 aromatic heterocycles. The lowest BCUT2D eigenvalue weighted by atomic mass is 10.0. The smallest absolute Gasteiger partial charge is 0.161 e. The molecule has 2 rings (SSSR count). The molecule has 1 aromatic carbocycles. The second-order valence-corrected chi connectivity index (χ2v) is 4.96. The molecule has 0 aliphatic heterocycles. The van der Waals surface area contributed by atoms with Crippen LogP contribution in [0.2, 0.25) is 5.02 Å². The van der Waals surface area contributed by atoms with Crippen molar-refractivity contribution in [2.75, 3.05) is 21.3 Å². The summed E-state index contributed by atoms with van der Waals surface area (Å²) in [5.41, 5.74) is 1.89. The van der Waals surface area contributed by atoms with Crippen LogP contribution in [0, 0.1) is 0 Å². The molecule has 6 heteroatoms. The van der Waals surface area contributed by atoms with E-state index in [0.29, 0.717) is 5.02 Å². The van der Waals surface area contributed by atoms with Gasteiger partial charge < -0.3 is 14.8 Å². The highest BCUT2D eigenvalue weighted by atomic mass is 35.5. The Hall–Kier alpha value is -1.72. The highest BCUT2D eigenvalue weighted by molar-refractivity contribution is 6.30. The molecular formula is C15H20ClN3O2. The van der Waals surface area contributed by atoms with E-state index >= 15 is 0 Å². The number of nitrogens with one attached hydrogen (secondary N) is 1. The zero-order valence-corrected chi connectivity index (χ0v) is 13.4. The first-order chi connectivity index (χ1) is 10.2. The summed E-state index contributed by atoms with van der Waals surface area (Å²) in [6.07, 6.45) is 1.72. The van der Waals surface area contributed by atoms with Crippen LogP contribution in [0.15, 0.2) is 24.4 Å². The molecular weight excluding hydrogens is 290 g/mol. The molecule has 0 spiro atoms. The quantitative estimate of drug-likeness (QED) is 0.891. The second kappa shape index (κ2) is 6.83. The standard InChI is InChI=1S/C15H20ClN3O2/c1-5-19-15(13(21-4)9-18-19)14(17-2)11-8-10(16)6-7-12(11)20-3/h6-9,14,17H,5H2,1-4H3. The molecule has 2 aromatic rings. The van der Waals surface area contributed by atoms with Crippen molar-refractivity contribution in [2.24, 2.45) is 0 Å². The minimum Gasteiger partial charge on any atom is -0.496 e. The summed E-state index contributed by atoms with van der Waals surface area (Å²) in [5, 5.41) is 8.31. The van der Waals surface area contributed by atoms with E-state index in [-0.39, 0.29) is 6.04 Å². The van der Waals surface area contributed by atoms with Gasteiger partial charge in [0.05, 0.1) is 26.5 Å². The zero-order valence-electron chi connectivity index (χ0n) is 12.7. The third kappa shape index (κ3) is 2.99. The summed E-state index contributed by atoms with van der Waals surface area (Å²) in [4.78, 5) is 0. The minimum absolute atomic E-state index is 0.129. The molecule has 0 saturated heterocycles. The summed E-state index contributed by atoms with van der Waals surface area (Å²) >= 11 is 6.15. The van der Waals surface area contributed by atoms with Gasteiger partial charge in [0.2, 0.25) is 0 Å². The Bertz CT molecular complexity index is 591. The van der Waals surface area contributed by atoms with Gasteiger partial charge in [0.15, 0.2) is 5.75 Å². The first kappa shape index (κ1) is 15.7. The molecule has 0 aliphatic carbocycles. The van der Waals surface area contributed by atoms with E-state index in [1.54, 1.807) is 20.4 Å². The lowest BCUT2D eigenvalue weighted by Crippen LogP contribution is -2.22. The summed E-state index contributed by atoms with van der Waals surface area (Å²) in [5.74, 6) is 1.50. The van der Waals surface area contributed by atoms with Gasteiger partial charge in [0.25, 0.3) is 0 Å². The highest BCUT2D eigenvalue weighted by Gasteiger charge is 2.24. The van der Waals surface area contributed by atoms with E-state index in [4.69, 9.17) is 21.1 Å². The number of methoxy groups -OCH3 is 2. The van der Waals surface area contributed by atoms with Gasteiger partial charge >= 0.3 is 0 Å². The number of ether oxygens (including phenoxy) is 2. The summed E-state index contributed by atoms with van der Waals surface area (Å²) < 4.78 is 12.8. The van der Waals surface area contributed by atoms with Gasteiger partial charge in [-0.3, -0.25) is 4.68 Å². The normalized spacial score (nSPS) is 12.2. The summed E-state index contributed by atoms with van der Waals surface area (Å²) in [7, 11) is 5.17. The molecule has 0 saturated carbocycles. The third-order valence-corrected chi connectivity index (χ3v) is 3.66. The average molecular weight is 310 g/mol. The second-order valence-electron chi connectivity index (χ2n) is 4.52. The van der Waals surface area contributed by atoms with Crippen LogP contribution < -0.4 is 14.8 Å². The predicted molar refractivity (Wildman–Crippen MR) is 83.4 cm³/mol. The number of benzene rings is 1. The monoisotopic (exact) mass is 309 g/mol. The Morgan fingerprint density at radius 1 is 1.29 bits per heavy atom. The van der Waals surface area contributed by atoms with E-state index in [0.717, 1.165) is 29.3 Å². The van der Waals surface area contributed by atoms with Gasteiger partial charge in [-0.15, -0.1) is 0 Å². The molecule has 1 heterocycles. The Morgan fingerprint density at radius 2 is 2.00 bits per heavy atom. The fraction of sp³-hybridized carbons (Fsp3) is 0.400. The zero-order chi connectivity index (χ0) is 15.4. The number of hydrogen-bond donors (Lipinski definition) is 1. The largest absolute Gasteiger partial charge is 0.496 e. The van der Waals surface area contributed by atoms with Crippen LogP contribution in [-0.2, 0) is 6.54 Å². The highest BCUT2D eigenvalue weighted by Crippen LogP contribution is 2.35. The first-order valence-electron chi connectivity index (χ1n) is 6.76. The van der Waals surface area contributed by atoms with Crippen molar-refractivity contribution < 1.29 is 9.47 Å². The van der Waals surface area contributed by atoms with Gasteiger partial charge in [-0.25, -0.2) is 0 Å². The van der Waals surface area contributed by atoms with Crippen molar-refractivity contribution >= 4 is 11.6 Å². The molecule has 0 bridgehead atoms. The fourth-order valence-electron chi connectivity index (χ4n) is 2.45. The van der Waals surface area contributed by atoms with Gasteiger partial charge in [-0.2, -0.15) is 5.10 Å². The lowest BCUT2D eigenvalue weighted by molar-refractivity contribution is 0.391. The molecule has 0 amide bonds. The molecule has 1 N–H and O–H groups in total. The third-order valence-electron chi connectivity index (χ3n) is 3.43. The molecule has 114 valence electrons. The first-order valence-corrected chi connectivity index (χ1v) is 7.14. The molecule has 0 radical (unpaired) electrons. The molecule has 5 nitrogen and oxygen atoms in total. The summed E-state index contributed by atoms with van der Waals surface area (Å²) in [6, 6.07) is 5.44. The Morgan fingerprint density at radius 3 is 2.57 bits per heavy atom. The number of hydrogen-bond acceptors (Lipinski definition) is 4. The van der Waals surface area contributed by atoms with E-state index in [2.05, 4.69) is 10.4 Å². The van der Waals surface area contributed by atoms with Crippen molar-refractivity contribution in [2.45, 2.75) is 19.5 Å². The number of aromatic nitrogens is 2. The Kier molecular flexibility index (Phi) is 5.09. The van der Waals surface area contributed by atoms with E-state index in [9.17, 15) is 0 Å². The van der Waals surface area contributed by atoms with E-state index in [1.807, 2.05) is 36.9 Å². The van der Waals surface area contributed by atoms with Crippen molar-refractivity contribution in [3.63, 3.8) is 0 Å². The SMILES string of the molecule is CCn1ncc(OC)c1C(NC)c1cc(Cl)ccc1OC. The average Bonchev–Trinajstić information content (AvgIpc) is 2.91. The maximum Gasteiger partial charge on any atom is 0.161 e. The van der Waals surface area contributed by atoms with Gasteiger partial charge in [0, 0.05) is 17.1 Å². The lowest BCUT2D eigenvalue weighted by Gasteiger charge is -2.21. The number of aryl methyl sites for hydroxylation is 1. The van der Waals surface area contributed by atoms with Crippen LogP contribution in [0.3, 0.4) is 0 Å². The molecule has 1 atom stereocenters. The van der Waals surface area contributed by atoms with Crippen LogP contribution in [0.1, 0.15) is 24.2 Å². The Balaban J connectivity index is 2.59. The van der Waals surface area contributed by atoms with Crippen molar-refractivity contribution in [3.8, 4) is 11.5 Å². The van der Waals surface area contributed by atoms with Crippen LogP contribution in [-0.4, -0.2) is 31.0 Å². The number of halogens is 1.